The summed E-state index contributed by atoms with van der Waals surface area (Å²) in [6.07, 6.45) is 6.25. The smallest absolute Gasteiger partial charge is 0.230 e. The van der Waals surface area contributed by atoms with Gasteiger partial charge in [0, 0.05) is 37.1 Å². The molecule has 0 aliphatic carbocycles. The number of carbonyl (C=O) groups excluding carboxylic acids is 2. The number of pyridine rings is 1. The number of anilines is 1. The molecule has 2 aromatic rings. The third-order valence-electron chi connectivity index (χ3n) is 5.57. The number of carbonyl (C=O) groups is 2. The van der Waals surface area contributed by atoms with E-state index in [1.807, 2.05) is 44.1 Å². The molecule has 30 heavy (non-hydrogen) atoms. The lowest BCUT2D eigenvalue weighted by Gasteiger charge is -2.32. The summed E-state index contributed by atoms with van der Waals surface area (Å²) in [4.78, 5) is 40.6. The Morgan fingerprint density at radius 3 is 2.63 bits per heavy atom. The highest BCUT2D eigenvalue weighted by atomic mass is 32.2. The van der Waals surface area contributed by atoms with Crippen LogP contribution in [-0.4, -0.2) is 51.0 Å². The van der Waals surface area contributed by atoms with Gasteiger partial charge in [-0.2, -0.15) is 0 Å². The minimum absolute atomic E-state index is 0.0676. The van der Waals surface area contributed by atoms with Crippen LogP contribution in [0.1, 0.15) is 41.8 Å². The van der Waals surface area contributed by atoms with E-state index in [-0.39, 0.29) is 17.7 Å². The number of aryl methyl sites for hydroxylation is 3. The summed E-state index contributed by atoms with van der Waals surface area (Å²) >= 11 is 1.52. The Bertz CT molecular complexity index is 910. The van der Waals surface area contributed by atoms with Crippen molar-refractivity contribution < 1.29 is 9.59 Å². The van der Waals surface area contributed by atoms with Crippen molar-refractivity contribution in [3.63, 3.8) is 0 Å². The first-order valence-electron chi connectivity index (χ1n) is 10.3. The number of nitrogens with zero attached hydrogens (tertiary/aromatic N) is 4. The molecule has 2 aromatic heterocycles. The first-order valence-corrected chi connectivity index (χ1v) is 11.5. The minimum Gasteiger partial charge on any atom is -0.342 e. The van der Waals surface area contributed by atoms with Gasteiger partial charge in [-0.05, 0) is 63.5 Å². The predicted octanol–water partition coefficient (Wildman–Crippen LogP) is 3.33. The van der Waals surface area contributed by atoms with Crippen LogP contribution in [0.15, 0.2) is 23.5 Å². The zero-order valence-corrected chi connectivity index (χ0v) is 18.9. The molecule has 1 aliphatic heterocycles. The van der Waals surface area contributed by atoms with Gasteiger partial charge < -0.3 is 10.2 Å². The summed E-state index contributed by atoms with van der Waals surface area (Å²) in [5.41, 5.74) is 3.83. The number of hydrogen-bond donors (Lipinski definition) is 1. The van der Waals surface area contributed by atoms with E-state index in [1.54, 1.807) is 6.20 Å². The van der Waals surface area contributed by atoms with Gasteiger partial charge >= 0.3 is 0 Å². The number of rotatable bonds is 6. The van der Waals surface area contributed by atoms with E-state index < -0.39 is 0 Å². The maximum atomic E-state index is 12.8. The minimum atomic E-state index is -0.211. The van der Waals surface area contributed by atoms with Crippen LogP contribution < -0.4 is 5.32 Å². The van der Waals surface area contributed by atoms with E-state index in [9.17, 15) is 9.59 Å². The van der Waals surface area contributed by atoms with E-state index in [0.29, 0.717) is 31.7 Å². The molecule has 0 saturated carbocycles. The summed E-state index contributed by atoms with van der Waals surface area (Å²) in [7, 11) is 0. The van der Waals surface area contributed by atoms with Crippen molar-refractivity contribution in [3.05, 3.63) is 40.8 Å². The van der Waals surface area contributed by atoms with Gasteiger partial charge in [-0.3, -0.25) is 9.59 Å². The molecule has 1 unspecified atom stereocenters. The van der Waals surface area contributed by atoms with Gasteiger partial charge in [0.1, 0.15) is 5.82 Å². The van der Waals surface area contributed by atoms with Crippen molar-refractivity contribution >= 4 is 29.4 Å². The molecule has 1 N–H and O–H groups in total. The lowest BCUT2D eigenvalue weighted by atomic mass is 9.96. The van der Waals surface area contributed by atoms with Crippen LogP contribution in [0.25, 0.3) is 0 Å². The van der Waals surface area contributed by atoms with E-state index in [4.69, 9.17) is 0 Å². The Balaban J connectivity index is 1.58. The molecule has 1 fully saturated rings. The van der Waals surface area contributed by atoms with Crippen molar-refractivity contribution in [1.29, 1.82) is 0 Å². The lowest BCUT2D eigenvalue weighted by molar-refractivity contribution is -0.134. The molecule has 1 atom stereocenters. The largest absolute Gasteiger partial charge is 0.342 e. The number of amides is 2. The van der Waals surface area contributed by atoms with Crippen LogP contribution in [0.2, 0.25) is 0 Å². The second kappa shape index (κ2) is 10.0. The number of nitrogens with one attached hydrogen (secondary N) is 1. The molecule has 3 rings (SSSR count). The standard InChI is InChI=1S/C22H29N5O2S/c1-14-7-5-11-23-20(14)26-21(29)17-8-6-12-27(13-17)19(28)10-9-18-15(2)24-22(30-4)25-16(18)3/h5,7,11,17H,6,8-10,12-13H2,1-4H3,(H,23,26,29). The summed E-state index contributed by atoms with van der Waals surface area (Å²) in [5.74, 6) is 0.388. The van der Waals surface area contributed by atoms with E-state index in [0.717, 1.165) is 40.5 Å². The fourth-order valence-corrected chi connectivity index (χ4v) is 4.26. The van der Waals surface area contributed by atoms with Crippen molar-refractivity contribution in [2.24, 2.45) is 5.92 Å². The highest BCUT2D eigenvalue weighted by molar-refractivity contribution is 7.98. The molecular weight excluding hydrogens is 398 g/mol. The number of piperidine rings is 1. The van der Waals surface area contributed by atoms with Gasteiger partial charge in [-0.1, -0.05) is 17.8 Å². The zero-order chi connectivity index (χ0) is 21.7. The number of thioether (sulfide) groups is 1. The number of aromatic nitrogens is 3. The monoisotopic (exact) mass is 427 g/mol. The van der Waals surface area contributed by atoms with Crippen LogP contribution in [0.5, 0.6) is 0 Å². The zero-order valence-electron chi connectivity index (χ0n) is 18.1. The van der Waals surface area contributed by atoms with Crippen molar-refractivity contribution in [2.75, 3.05) is 24.7 Å². The normalized spacial score (nSPS) is 16.4. The fourth-order valence-electron chi connectivity index (χ4n) is 3.80. The van der Waals surface area contributed by atoms with Crippen LogP contribution in [-0.2, 0) is 16.0 Å². The molecular formula is C22H29N5O2S. The molecule has 0 aromatic carbocycles. The topological polar surface area (TPSA) is 88.1 Å². The van der Waals surface area contributed by atoms with Crippen molar-refractivity contribution in [2.45, 2.75) is 51.6 Å². The van der Waals surface area contributed by atoms with Gasteiger partial charge in [-0.15, -0.1) is 0 Å². The molecule has 0 radical (unpaired) electrons. The summed E-state index contributed by atoms with van der Waals surface area (Å²) in [6.45, 7) is 7.00. The molecule has 8 heteroatoms. The van der Waals surface area contributed by atoms with Crippen LogP contribution >= 0.6 is 11.8 Å². The van der Waals surface area contributed by atoms with E-state index >= 15 is 0 Å². The maximum Gasteiger partial charge on any atom is 0.230 e. The highest BCUT2D eigenvalue weighted by Crippen LogP contribution is 2.22. The Labute approximate surface area is 182 Å². The lowest BCUT2D eigenvalue weighted by Crippen LogP contribution is -2.44. The average Bonchev–Trinajstić information content (AvgIpc) is 2.74. The number of likely N-dealkylation sites (tertiary alicyclic amines) is 1. The van der Waals surface area contributed by atoms with Gasteiger partial charge in [-0.25, -0.2) is 15.0 Å². The van der Waals surface area contributed by atoms with E-state index in [1.165, 1.54) is 11.8 Å². The number of hydrogen-bond acceptors (Lipinski definition) is 6. The molecule has 2 amide bonds. The van der Waals surface area contributed by atoms with Gasteiger partial charge in [0.05, 0.1) is 5.92 Å². The van der Waals surface area contributed by atoms with Crippen LogP contribution in [0, 0.1) is 26.7 Å². The first kappa shape index (κ1) is 22.2. The van der Waals surface area contributed by atoms with E-state index in [2.05, 4.69) is 20.3 Å². The summed E-state index contributed by atoms with van der Waals surface area (Å²) in [6, 6.07) is 3.76. The predicted molar refractivity (Wildman–Crippen MR) is 119 cm³/mol. The van der Waals surface area contributed by atoms with Gasteiger partial charge in [0.25, 0.3) is 0 Å². The average molecular weight is 428 g/mol. The summed E-state index contributed by atoms with van der Waals surface area (Å²) in [5, 5.41) is 3.67. The molecule has 160 valence electrons. The Kier molecular flexibility index (Phi) is 7.42. The third kappa shape index (κ3) is 5.36. The van der Waals surface area contributed by atoms with Gasteiger partial charge in [0.15, 0.2) is 5.16 Å². The Morgan fingerprint density at radius 1 is 1.23 bits per heavy atom. The fraction of sp³-hybridized carbons (Fsp3) is 0.500. The van der Waals surface area contributed by atoms with Crippen LogP contribution in [0.3, 0.4) is 0 Å². The molecule has 3 heterocycles. The maximum absolute atomic E-state index is 12.8. The second-order valence-electron chi connectivity index (χ2n) is 7.70. The quantitative estimate of drug-likeness (QED) is 0.562. The Hall–Kier alpha value is -2.48. The third-order valence-corrected chi connectivity index (χ3v) is 6.12. The second-order valence-corrected chi connectivity index (χ2v) is 8.47. The first-order chi connectivity index (χ1) is 14.4. The summed E-state index contributed by atoms with van der Waals surface area (Å²) < 4.78 is 0. The van der Waals surface area contributed by atoms with Crippen molar-refractivity contribution in [1.82, 2.24) is 19.9 Å². The van der Waals surface area contributed by atoms with Crippen LogP contribution in [0.4, 0.5) is 5.82 Å². The highest BCUT2D eigenvalue weighted by Gasteiger charge is 2.28. The molecule has 1 saturated heterocycles. The SMILES string of the molecule is CSc1nc(C)c(CCC(=O)N2CCCC(C(=O)Nc3ncccc3C)C2)c(C)n1. The molecule has 0 spiro atoms. The Morgan fingerprint density at radius 2 is 1.97 bits per heavy atom. The van der Waals surface area contributed by atoms with Crippen molar-refractivity contribution in [3.8, 4) is 0 Å². The van der Waals surface area contributed by atoms with Gasteiger partial charge in [0.2, 0.25) is 11.8 Å². The molecule has 1 aliphatic rings. The molecule has 0 bridgehead atoms. The molecule has 7 nitrogen and oxygen atoms in total.